The number of hydrazone groups is 1. The molecule has 2 unspecified atom stereocenters. The maximum Gasteiger partial charge on any atom is 0.261 e. The third-order valence-corrected chi connectivity index (χ3v) is 8.24. The molecule has 0 radical (unpaired) electrons. The third kappa shape index (κ3) is 3.54. The molecule has 1 saturated heterocycles. The molecule has 0 bridgehead atoms. The van der Waals surface area contributed by atoms with Gasteiger partial charge in [0.1, 0.15) is 11.2 Å². The van der Waals surface area contributed by atoms with Gasteiger partial charge in [0.25, 0.3) is 5.91 Å². The summed E-state index contributed by atoms with van der Waals surface area (Å²) in [4.78, 5) is 19.0. The van der Waals surface area contributed by atoms with Gasteiger partial charge in [-0.25, -0.2) is 0 Å². The van der Waals surface area contributed by atoms with Crippen molar-refractivity contribution in [1.82, 2.24) is 0 Å². The molecule has 0 N–H and O–H groups in total. The lowest BCUT2D eigenvalue weighted by Gasteiger charge is -2.53. The normalized spacial score (nSPS) is 23.0. The van der Waals surface area contributed by atoms with Crippen molar-refractivity contribution < 1.29 is 9.53 Å². The molecule has 3 aromatic rings. The van der Waals surface area contributed by atoms with Crippen molar-refractivity contribution in [2.24, 2.45) is 10.5 Å². The minimum atomic E-state index is -0.786. The molecule has 0 saturated carbocycles. The maximum absolute atomic E-state index is 14.3. The smallest absolute Gasteiger partial charge is 0.261 e. The summed E-state index contributed by atoms with van der Waals surface area (Å²) in [5.74, 6) is 0.817. The fraction of sp³-hybridized carbons (Fsp3) is 0.286. The summed E-state index contributed by atoms with van der Waals surface area (Å²) < 4.78 is 5.34. The number of benzene rings is 3. The lowest BCUT2D eigenvalue weighted by atomic mass is 9.67. The van der Waals surface area contributed by atoms with Gasteiger partial charge in [-0.15, -0.1) is 0 Å². The van der Waals surface area contributed by atoms with E-state index < -0.39 is 5.41 Å². The van der Waals surface area contributed by atoms with E-state index >= 15 is 0 Å². The fourth-order valence-electron chi connectivity index (χ4n) is 5.87. The van der Waals surface area contributed by atoms with E-state index in [1.807, 2.05) is 43.3 Å². The number of halogens is 2. The number of anilines is 3. The van der Waals surface area contributed by atoms with Crippen LogP contribution in [0.15, 0.2) is 71.8 Å². The van der Waals surface area contributed by atoms with E-state index in [1.165, 1.54) is 0 Å². The van der Waals surface area contributed by atoms with Crippen LogP contribution in [-0.4, -0.2) is 44.4 Å². The first-order chi connectivity index (χ1) is 17.4. The molecule has 184 valence electrons. The van der Waals surface area contributed by atoms with Crippen LogP contribution in [0.5, 0.6) is 5.75 Å². The largest absolute Gasteiger partial charge is 0.497 e. The highest BCUT2D eigenvalue weighted by Gasteiger charge is 2.60. The van der Waals surface area contributed by atoms with Crippen LogP contribution in [0.2, 0.25) is 10.0 Å². The number of ether oxygens (including phenoxy) is 1. The molecule has 2 atom stereocenters. The van der Waals surface area contributed by atoms with Crippen LogP contribution < -0.4 is 19.5 Å². The first-order valence-electron chi connectivity index (χ1n) is 12.0. The van der Waals surface area contributed by atoms with Crippen LogP contribution in [0.4, 0.5) is 17.1 Å². The molecule has 6 rings (SSSR count). The number of nitrogens with zero attached hydrogens (tertiary/aromatic N) is 4. The predicted octanol–water partition coefficient (Wildman–Crippen LogP) is 5.66. The van der Waals surface area contributed by atoms with Gasteiger partial charge in [-0.3, -0.25) is 4.79 Å². The summed E-state index contributed by atoms with van der Waals surface area (Å²) in [6.45, 7) is 4.27. The van der Waals surface area contributed by atoms with Gasteiger partial charge in [-0.2, -0.15) is 10.1 Å². The molecule has 1 fully saturated rings. The number of carbonyl (C=O) groups excluding carboxylic acids is 1. The number of hydrogen-bond acceptors (Lipinski definition) is 5. The SMILES string of the molecule is COc1ccc(N2CCN3c4cc(Cl)ccc4CC4(C(=O)N(c5ccc(Cl)cc5)N=C4C)C3C2)cc1. The third-order valence-electron chi connectivity index (χ3n) is 7.75. The standard InChI is InChI=1S/C28H26Cl2N4O2/c1-18-28(27(35)34(31-18)23-7-5-20(29)6-8-23)16-19-3-4-21(30)15-25(19)33-14-13-32(17-26(28)33)22-9-11-24(36-2)12-10-22/h3-12,15,26H,13-14,16-17H2,1-2H3. The molecule has 3 heterocycles. The van der Waals surface area contributed by atoms with Crippen LogP contribution in [0.25, 0.3) is 0 Å². The van der Waals surface area contributed by atoms with Gasteiger partial charge in [0, 0.05) is 41.1 Å². The topological polar surface area (TPSA) is 48.4 Å². The van der Waals surface area contributed by atoms with Crippen molar-refractivity contribution in [3.05, 3.63) is 82.3 Å². The van der Waals surface area contributed by atoms with E-state index in [0.29, 0.717) is 23.0 Å². The summed E-state index contributed by atoms with van der Waals surface area (Å²) in [7, 11) is 1.67. The molecule has 3 aliphatic rings. The number of methoxy groups -OCH3 is 1. The van der Waals surface area contributed by atoms with Crippen LogP contribution >= 0.6 is 23.2 Å². The quantitative estimate of drug-likeness (QED) is 0.446. The van der Waals surface area contributed by atoms with E-state index in [0.717, 1.165) is 47.2 Å². The number of fused-ring (bicyclic) bond motifs is 4. The van der Waals surface area contributed by atoms with Gasteiger partial charge in [-0.05, 0) is 79.6 Å². The highest BCUT2D eigenvalue weighted by Crippen LogP contribution is 2.49. The lowest BCUT2D eigenvalue weighted by molar-refractivity contribution is -0.125. The Morgan fingerprint density at radius 3 is 2.36 bits per heavy atom. The second-order valence-corrected chi connectivity index (χ2v) is 10.4. The summed E-state index contributed by atoms with van der Waals surface area (Å²) in [6.07, 6.45) is 0.579. The molecule has 8 heteroatoms. The van der Waals surface area contributed by atoms with Crippen molar-refractivity contribution in [3.63, 3.8) is 0 Å². The monoisotopic (exact) mass is 520 g/mol. The minimum Gasteiger partial charge on any atom is -0.497 e. The van der Waals surface area contributed by atoms with E-state index in [1.54, 1.807) is 24.3 Å². The van der Waals surface area contributed by atoms with E-state index in [-0.39, 0.29) is 11.9 Å². The summed E-state index contributed by atoms with van der Waals surface area (Å²) in [6, 6.07) is 21.2. The molecule has 36 heavy (non-hydrogen) atoms. The molecule has 3 aromatic carbocycles. The van der Waals surface area contributed by atoms with Crippen LogP contribution in [0.1, 0.15) is 12.5 Å². The molecule has 6 nitrogen and oxygen atoms in total. The van der Waals surface area contributed by atoms with Crippen molar-refractivity contribution >= 4 is 51.9 Å². The number of carbonyl (C=O) groups is 1. The van der Waals surface area contributed by atoms with E-state index in [4.69, 9.17) is 33.0 Å². The predicted molar refractivity (Wildman–Crippen MR) is 146 cm³/mol. The fourth-order valence-corrected chi connectivity index (χ4v) is 6.16. The zero-order chi connectivity index (χ0) is 25.0. The van der Waals surface area contributed by atoms with E-state index in [2.05, 4.69) is 28.0 Å². The Morgan fingerprint density at radius 2 is 1.64 bits per heavy atom. The van der Waals surface area contributed by atoms with Gasteiger partial charge < -0.3 is 14.5 Å². The van der Waals surface area contributed by atoms with Gasteiger partial charge >= 0.3 is 0 Å². The van der Waals surface area contributed by atoms with Gasteiger partial charge in [-0.1, -0.05) is 29.3 Å². The van der Waals surface area contributed by atoms with Gasteiger partial charge in [0.15, 0.2) is 0 Å². The lowest BCUT2D eigenvalue weighted by Crippen LogP contribution is -2.67. The van der Waals surface area contributed by atoms with Crippen molar-refractivity contribution in [2.45, 2.75) is 19.4 Å². The molecule has 0 aromatic heterocycles. The Hall–Kier alpha value is -3.22. The second-order valence-electron chi connectivity index (χ2n) is 9.55. The van der Waals surface area contributed by atoms with Crippen LogP contribution in [-0.2, 0) is 11.2 Å². The first kappa shape index (κ1) is 23.2. The average Bonchev–Trinajstić information content (AvgIpc) is 3.15. The van der Waals surface area contributed by atoms with Crippen molar-refractivity contribution in [1.29, 1.82) is 0 Å². The zero-order valence-electron chi connectivity index (χ0n) is 20.1. The Kier molecular flexibility index (Phi) is 5.61. The Labute approximate surface area is 220 Å². The average molecular weight is 521 g/mol. The maximum atomic E-state index is 14.3. The number of hydrogen-bond donors (Lipinski definition) is 0. The molecule has 1 spiro atoms. The molecular formula is C28H26Cl2N4O2. The Balaban J connectivity index is 1.43. The zero-order valence-corrected chi connectivity index (χ0v) is 21.6. The minimum absolute atomic E-state index is 0.00509. The van der Waals surface area contributed by atoms with Crippen LogP contribution in [0.3, 0.4) is 0 Å². The number of amides is 1. The second kappa shape index (κ2) is 8.71. The molecule has 0 aliphatic carbocycles. The highest BCUT2D eigenvalue weighted by molar-refractivity contribution is 6.31. The summed E-state index contributed by atoms with van der Waals surface area (Å²) in [5, 5.41) is 7.69. The van der Waals surface area contributed by atoms with Gasteiger partial charge in [0.05, 0.1) is 24.6 Å². The number of rotatable bonds is 3. The summed E-state index contributed by atoms with van der Waals surface area (Å²) >= 11 is 12.5. The molecular weight excluding hydrogens is 495 g/mol. The first-order valence-corrected chi connectivity index (χ1v) is 12.8. The molecule has 3 aliphatic heterocycles. The van der Waals surface area contributed by atoms with Crippen LogP contribution in [0, 0.1) is 5.41 Å². The van der Waals surface area contributed by atoms with Crippen molar-refractivity contribution in [3.8, 4) is 5.75 Å². The van der Waals surface area contributed by atoms with Crippen molar-refractivity contribution in [2.75, 3.05) is 41.6 Å². The van der Waals surface area contributed by atoms with E-state index in [9.17, 15) is 4.79 Å². The number of piperazine rings is 1. The van der Waals surface area contributed by atoms with Gasteiger partial charge in [0.2, 0.25) is 0 Å². The highest BCUT2D eigenvalue weighted by atomic mass is 35.5. The molecule has 1 amide bonds. The Bertz CT molecular complexity index is 1360. The Morgan fingerprint density at radius 1 is 0.944 bits per heavy atom. The summed E-state index contributed by atoms with van der Waals surface area (Å²) in [5.41, 5.74) is 4.10.